The summed E-state index contributed by atoms with van der Waals surface area (Å²) in [4.78, 5) is 4.80. The van der Waals surface area contributed by atoms with Crippen LogP contribution >= 0.6 is 11.6 Å². The van der Waals surface area contributed by atoms with E-state index in [-0.39, 0.29) is 5.41 Å². The lowest BCUT2D eigenvalue weighted by molar-refractivity contribution is 0.263. The summed E-state index contributed by atoms with van der Waals surface area (Å²) in [6, 6.07) is 5.44. The fourth-order valence-corrected chi connectivity index (χ4v) is 9.92. The van der Waals surface area contributed by atoms with Gasteiger partial charge in [-0.2, -0.15) is 4.63 Å². The smallest absolute Gasteiger partial charge is 0.229 e. The number of halogens is 1. The standard InChI is InChI=1S/C36H54ClN5O3S/c1-3-4-5-6-7-8-9-10-11-12-13-14-15-16-19-45-31-18-17-28(23-30(31)41-46(2,43)44)34-38-35-32(37)33(39-42(35)40-34)36-24-26-20-27(25-36)22-29(36)21-26/h17-18,23,26-27,29,39,41H,3-16,19-22,24-25H2,1-2H3. The second-order valence-corrected chi connectivity index (χ2v) is 16.8. The van der Waals surface area contributed by atoms with Gasteiger partial charge in [-0.15, -0.1) is 5.10 Å². The number of anilines is 1. The van der Waals surface area contributed by atoms with Gasteiger partial charge < -0.3 is 4.74 Å². The van der Waals surface area contributed by atoms with Gasteiger partial charge in [0.25, 0.3) is 0 Å². The molecule has 8 nitrogen and oxygen atoms in total. The van der Waals surface area contributed by atoms with Crippen molar-refractivity contribution in [2.75, 3.05) is 17.6 Å². The number of ether oxygens (including phenoxy) is 1. The van der Waals surface area contributed by atoms with Crippen molar-refractivity contribution in [3.05, 3.63) is 28.9 Å². The largest absolute Gasteiger partial charge is 0.491 e. The van der Waals surface area contributed by atoms with E-state index in [1.54, 1.807) is 10.7 Å². The van der Waals surface area contributed by atoms with Gasteiger partial charge in [-0.25, -0.2) is 13.4 Å². The van der Waals surface area contributed by atoms with E-state index in [4.69, 9.17) is 26.4 Å². The lowest BCUT2D eigenvalue weighted by Crippen LogP contribution is -2.28. The number of hydrogen-bond donors (Lipinski definition) is 2. The molecule has 2 unspecified atom stereocenters. The number of fused-ring (bicyclic) bond motifs is 1. The predicted molar refractivity (Wildman–Crippen MR) is 187 cm³/mol. The molecule has 2 heterocycles. The fraction of sp³-hybridized carbons (Fsp3) is 0.722. The minimum absolute atomic E-state index is 0.145. The van der Waals surface area contributed by atoms with E-state index in [2.05, 4.69) is 16.7 Å². The van der Waals surface area contributed by atoms with Gasteiger partial charge in [0.1, 0.15) is 10.8 Å². The van der Waals surface area contributed by atoms with Gasteiger partial charge in [-0.05, 0) is 74.5 Å². The first-order valence-electron chi connectivity index (χ1n) is 18.2. The quantitative estimate of drug-likeness (QED) is 0.116. The number of rotatable bonds is 20. The highest BCUT2D eigenvalue weighted by atomic mass is 35.5. The van der Waals surface area contributed by atoms with E-state index in [1.807, 2.05) is 12.1 Å². The molecule has 0 aliphatic heterocycles. The Bertz CT molecular complexity index is 1550. The SMILES string of the molecule is CCCCCCCCCCCCCCCCOc1ccc(-c2nc3c(Cl)c(C45CC6CC(CC4C6)C5)[nH]n3n2)cc1NS(C)(=O)=O. The monoisotopic (exact) mass is 671 g/mol. The number of hydrogen-bond acceptors (Lipinski definition) is 5. The molecule has 4 aliphatic rings. The number of aromatic nitrogens is 4. The van der Waals surface area contributed by atoms with Gasteiger partial charge in [0.2, 0.25) is 10.0 Å². The fourth-order valence-electron chi connectivity index (χ4n) is 9.01. The summed E-state index contributed by atoms with van der Waals surface area (Å²) in [6.45, 7) is 2.82. The van der Waals surface area contributed by atoms with Crippen LogP contribution in [0.4, 0.5) is 5.69 Å². The molecule has 4 bridgehead atoms. The molecular weight excluding hydrogens is 618 g/mol. The van der Waals surface area contributed by atoms with Gasteiger partial charge in [0.15, 0.2) is 11.5 Å². The van der Waals surface area contributed by atoms with Gasteiger partial charge in [-0.1, -0.05) is 102 Å². The number of unbranched alkanes of at least 4 members (excludes halogenated alkanes) is 13. The third-order valence-electron chi connectivity index (χ3n) is 11.0. The summed E-state index contributed by atoms with van der Waals surface area (Å²) in [5, 5.41) is 8.92. The van der Waals surface area contributed by atoms with Crippen molar-refractivity contribution in [3.8, 4) is 17.1 Å². The van der Waals surface area contributed by atoms with Crippen molar-refractivity contribution in [2.45, 2.75) is 134 Å². The lowest BCUT2D eigenvalue weighted by atomic mass is 9.73. The van der Waals surface area contributed by atoms with Gasteiger partial charge >= 0.3 is 0 Å². The van der Waals surface area contributed by atoms with E-state index in [0.717, 1.165) is 36.6 Å². The molecule has 1 aromatic carbocycles. The summed E-state index contributed by atoms with van der Waals surface area (Å²) in [7, 11) is -3.51. The maximum atomic E-state index is 12.2. The molecule has 0 saturated heterocycles. The molecule has 2 atom stereocenters. The first-order valence-corrected chi connectivity index (χ1v) is 20.4. The minimum Gasteiger partial charge on any atom is -0.491 e. The first-order chi connectivity index (χ1) is 22.3. The normalized spacial score (nSPS) is 23.6. The molecule has 4 fully saturated rings. The second kappa shape index (κ2) is 14.9. The molecule has 7 rings (SSSR count). The molecule has 46 heavy (non-hydrogen) atoms. The highest BCUT2D eigenvalue weighted by Crippen LogP contribution is 2.66. The van der Waals surface area contributed by atoms with Crippen molar-refractivity contribution in [1.82, 2.24) is 19.8 Å². The zero-order valence-electron chi connectivity index (χ0n) is 28.0. The van der Waals surface area contributed by atoms with Crippen molar-refractivity contribution in [3.63, 3.8) is 0 Å². The number of aromatic amines is 1. The van der Waals surface area contributed by atoms with Crippen LogP contribution in [0.25, 0.3) is 17.0 Å². The summed E-state index contributed by atoms with van der Waals surface area (Å²) in [5.41, 5.74) is 2.98. The van der Waals surface area contributed by atoms with Crippen molar-refractivity contribution >= 4 is 33.0 Å². The molecular formula is C36H54ClN5O3S. The summed E-state index contributed by atoms with van der Waals surface area (Å²) in [6.07, 6.45) is 25.8. The van der Waals surface area contributed by atoms with E-state index in [1.165, 1.54) is 109 Å². The Kier molecular flexibility index (Phi) is 10.9. The van der Waals surface area contributed by atoms with Crippen molar-refractivity contribution < 1.29 is 13.2 Å². The topological polar surface area (TPSA) is 101 Å². The lowest BCUT2D eigenvalue weighted by Gasteiger charge is -2.32. The van der Waals surface area contributed by atoms with Crippen LogP contribution in [0.3, 0.4) is 0 Å². The number of H-pyrrole nitrogens is 1. The van der Waals surface area contributed by atoms with Crippen molar-refractivity contribution in [1.29, 1.82) is 0 Å². The zero-order valence-corrected chi connectivity index (χ0v) is 29.5. The zero-order chi connectivity index (χ0) is 32.1. The van der Waals surface area contributed by atoms with E-state index in [9.17, 15) is 8.42 Å². The third kappa shape index (κ3) is 7.72. The Morgan fingerprint density at radius 2 is 1.54 bits per heavy atom. The Morgan fingerprint density at radius 3 is 2.13 bits per heavy atom. The van der Waals surface area contributed by atoms with Crippen LogP contribution < -0.4 is 9.46 Å². The molecule has 3 aromatic rings. The van der Waals surface area contributed by atoms with E-state index in [0.29, 0.717) is 46.0 Å². The Labute approximate surface area is 280 Å². The first kappa shape index (κ1) is 33.6. The van der Waals surface area contributed by atoms with Gasteiger partial charge in [0, 0.05) is 11.0 Å². The highest BCUT2D eigenvalue weighted by molar-refractivity contribution is 7.92. The van der Waals surface area contributed by atoms with E-state index >= 15 is 0 Å². The van der Waals surface area contributed by atoms with Crippen molar-refractivity contribution in [2.24, 2.45) is 17.8 Å². The Balaban J connectivity index is 0.993. The van der Waals surface area contributed by atoms with Crippen LogP contribution in [0.15, 0.2) is 18.2 Å². The van der Waals surface area contributed by atoms with Crippen LogP contribution in [0.5, 0.6) is 5.75 Å². The number of nitrogens with zero attached hydrogens (tertiary/aromatic N) is 3. The third-order valence-corrected chi connectivity index (χ3v) is 12.0. The highest BCUT2D eigenvalue weighted by Gasteiger charge is 2.60. The Morgan fingerprint density at radius 1 is 0.935 bits per heavy atom. The maximum Gasteiger partial charge on any atom is 0.229 e. The van der Waals surface area contributed by atoms with Gasteiger partial charge in [-0.3, -0.25) is 9.82 Å². The van der Waals surface area contributed by atoms with Crippen LogP contribution in [-0.4, -0.2) is 41.1 Å². The average Bonchev–Trinajstić information content (AvgIpc) is 3.71. The molecule has 4 aliphatic carbocycles. The molecule has 10 heteroatoms. The molecule has 0 radical (unpaired) electrons. The molecule has 2 N–H and O–H groups in total. The molecule has 2 aromatic heterocycles. The molecule has 254 valence electrons. The van der Waals surface area contributed by atoms with Gasteiger partial charge in [0.05, 0.1) is 24.2 Å². The molecule has 0 amide bonds. The predicted octanol–water partition coefficient (Wildman–Crippen LogP) is 9.69. The molecule has 0 spiro atoms. The second-order valence-electron chi connectivity index (χ2n) is 14.7. The van der Waals surface area contributed by atoms with Crippen LogP contribution in [0, 0.1) is 17.8 Å². The summed E-state index contributed by atoms with van der Waals surface area (Å²) < 4.78 is 34.8. The average molecular weight is 672 g/mol. The number of nitrogens with one attached hydrogen (secondary N) is 2. The maximum absolute atomic E-state index is 12.2. The molecule has 4 saturated carbocycles. The van der Waals surface area contributed by atoms with Crippen LogP contribution in [0.2, 0.25) is 5.02 Å². The van der Waals surface area contributed by atoms with Crippen LogP contribution in [0.1, 0.15) is 135 Å². The van der Waals surface area contributed by atoms with Crippen LogP contribution in [-0.2, 0) is 15.4 Å². The summed E-state index contributed by atoms with van der Waals surface area (Å²) >= 11 is 6.99. The number of benzene rings is 1. The number of sulfonamides is 1. The van der Waals surface area contributed by atoms with E-state index < -0.39 is 10.0 Å². The minimum atomic E-state index is -3.51. The summed E-state index contributed by atoms with van der Waals surface area (Å²) in [5.74, 6) is 3.36. The Hall–Kier alpha value is -2.26.